The van der Waals surface area contributed by atoms with Crippen LogP contribution in [-0.4, -0.2) is 62.2 Å². The van der Waals surface area contributed by atoms with Crippen LogP contribution in [0, 0.1) is 18.6 Å². The molecule has 4 heterocycles. The first-order valence-corrected chi connectivity index (χ1v) is 14.7. The Labute approximate surface area is 253 Å². The van der Waals surface area contributed by atoms with E-state index in [0.717, 1.165) is 11.6 Å². The maximum Gasteiger partial charge on any atom is 0.354 e. The standard InChI is InChI=1S/C33H34F2N6O3/c1-6-25(43)39-15-19(5)40-20(16-39)11-13-37-30-27-23(14-21(28(30)35)26-22(34)8-7-9-24(26)42)41(33(44)38-32(27)40)31-18(4)10-12-36-29(31)17(2)3/h6-10,12,14,17,19-20,37,42H,1,11,13,15-16H2,2-5H3. The van der Waals surface area contributed by atoms with Crippen LogP contribution in [-0.2, 0) is 4.79 Å². The lowest BCUT2D eigenvalue weighted by molar-refractivity contribution is -0.127. The number of piperazine rings is 1. The molecule has 6 rings (SSSR count). The van der Waals surface area contributed by atoms with Crippen molar-refractivity contribution in [3.8, 4) is 22.6 Å². The highest BCUT2D eigenvalue weighted by Crippen LogP contribution is 2.44. The van der Waals surface area contributed by atoms with Gasteiger partial charge >= 0.3 is 5.69 Å². The predicted molar refractivity (Wildman–Crippen MR) is 167 cm³/mol. The average Bonchev–Trinajstić information content (AvgIpc) is 2.97. The van der Waals surface area contributed by atoms with Crippen molar-refractivity contribution >= 4 is 28.3 Å². The molecule has 1 amide bonds. The van der Waals surface area contributed by atoms with E-state index >= 15 is 8.78 Å². The van der Waals surface area contributed by atoms with Gasteiger partial charge in [-0.05, 0) is 62.1 Å². The predicted octanol–water partition coefficient (Wildman–Crippen LogP) is 5.27. The van der Waals surface area contributed by atoms with Crippen molar-refractivity contribution in [1.29, 1.82) is 0 Å². The number of anilines is 2. The molecule has 9 nitrogen and oxygen atoms in total. The summed E-state index contributed by atoms with van der Waals surface area (Å²) in [6.45, 7) is 12.4. The molecule has 0 spiro atoms. The number of rotatable bonds is 4. The molecule has 2 aromatic heterocycles. The molecular formula is C33H34F2N6O3. The molecule has 2 atom stereocenters. The number of phenolic OH excluding ortho intramolecular Hbond substituents is 1. The summed E-state index contributed by atoms with van der Waals surface area (Å²) in [5.41, 5.74) is 1.15. The summed E-state index contributed by atoms with van der Waals surface area (Å²) in [4.78, 5) is 39.7. The molecule has 1 saturated heterocycles. The number of carbonyl (C=O) groups is 1. The zero-order chi connectivity index (χ0) is 31.4. The van der Waals surface area contributed by atoms with E-state index in [1.165, 1.54) is 28.8 Å². The van der Waals surface area contributed by atoms with Crippen LogP contribution in [0.5, 0.6) is 5.75 Å². The normalized spacial score (nSPS) is 18.1. The minimum absolute atomic E-state index is 0.0549. The van der Waals surface area contributed by atoms with Crippen molar-refractivity contribution in [3.63, 3.8) is 0 Å². The Morgan fingerprint density at radius 1 is 1.23 bits per heavy atom. The molecule has 2 aliphatic rings. The van der Waals surface area contributed by atoms with E-state index in [0.29, 0.717) is 42.8 Å². The zero-order valence-electron chi connectivity index (χ0n) is 25.1. The number of aryl methyl sites for hydroxylation is 1. The molecule has 2 unspecified atom stereocenters. The van der Waals surface area contributed by atoms with Crippen molar-refractivity contribution in [3.05, 3.63) is 82.6 Å². The van der Waals surface area contributed by atoms with Crippen molar-refractivity contribution in [2.45, 2.75) is 52.1 Å². The van der Waals surface area contributed by atoms with Gasteiger partial charge in [-0.1, -0.05) is 26.5 Å². The van der Waals surface area contributed by atoms with Crippen LogP contribution in [0.15, 0.2) is 54.0 Å². The molecule has 11 heteroatoms. The fourth-order valence-electron chi connectivity index (χ4n) is 6.63. The first-order chi connectivity index (χ1) is 21.0. The average molecular weight is 601 g/mol. The largest absolute Gasteiger partial charge is 0.507 e. The van der Waals surface area contributed by atoms with E-state index in [9.17, 15) is 14.7 Å². The van der Waals surface area contributed by atoms with Gasteiger partial charge in [0.25, 0.3) is 0 Å². The number of amides is 1. The van der Waals surface area contributed by atoms with Crippen LogP contribution in [0.1, 0.15) is 44.4 Å². The second kappa shape index (κ2) is 11.0. The highest BCUT2D eigenvalue weighted by molar-refractivity contribution is 6.05. The number of halogens is 2. The van der Waals surface area contributed by atoms with Crippen molar-refractivity contribution in [2.24, 2.45) is 0 Å². The van der Waals surface area contributed by atoms with Crippen molar-refractivity contribution in [1.82, 2.24) is 19.4 Å². The Morgan fingerprint density at radius 3 is 2.70 bits per heavy atom. The van der Waals surface area contributed by atoms with Gasteiger partial charge in [-0.15, -0.1) is 0 Å². The number of pyridine rings is 1. The highest BCUT2D eigenvalue weighted by atomic mass is 19.1. The van der Waals surface area contributed by atoms with E-state index in [1.807, 2.05) is 32.6 Å². The van der Waals surface area contributed by atoms with E-state index in [-0.39, 0.29) is 52.1 Å². The first-order valence-electron chi connectivity index (χ1n) is 14.7. The molecular weight excluding hydrogens is 566 g/mol. The van der Waals surface area contributed by atoms with Crippen LogP contribution >= 0.6 is 0 Å². The van der Waals surface area contributed by atoms with E-state index in [4.69, 9.17) is 0 Å². The summed E-state index contributed by atoms with van der Waals surface area (Å²) in [6, 6.07) is 6.50. The number of hydrogen-bond donors (Lipinski definition) is 2. The number of fused-ring (bicyclic) bond motifs is 2. The number of phenols is 1. The minimum atomic E-state index is -0.804. The van der Waals surface area contributed by atoms with Gasteiger partial charge in [-0.25, -0.2) is 13.6 Å². The topological polar surface area (TPSA) is 104 Å². The van der Waals surface area contributed by atoms with Gasteiger partial charge in [0.15, 0.2) is 5.82 Å². The third kappa shape index (κ3) is 4.58. The zero-order valence-corrected chi connectivity index (χ0v) is 25.1. The Bertz CT molecular complexity index is 1870. The summed E-state index contributed by atoms with van der Waals surface area (Å²) in [6.07, 6.45) is 3.46. The van der Waals surface area contributed by atoms with E-state index in [1.54, 1.807) is 17.2 Å². The molecule has 0 bridgehead atoms. The lowest BCUT2D eigenvalue weighted by Gasteiger charge is -2.47. The maximum absolute atomic E-state index is 16.7. The van der Waals surface area contributed by atoms with Crippen molar-refractivity contribution < 1.29 is 18.7 Å². The summed E-state index contributed by atoms with van der Waals surface area (Å²) in [5.74, 6) is -1.98. The first kappa shape index (κ1) is 29.3. The van der Waals surface area contributed by atoms with Gasteiger partial charge in [0.1, 0.15) is 17.4 Å². The Balaban J connectivity index is 1.74. The summed E-state index contributed by atoms with van der Waals surface area (Å²) >= 11 is 0. The number of nitrogens with one attached hydrogen (secondary N) is 1. The quantitative estimate of drug-likeness (QED) is 0.308. The van der Waals surface area contributed by atoms with Crippen LogP contribution in [0.2, 0.25) is 0 Å². The maximum atomic E-state index is 16.7. The fraction of sp³-hybridized carbons (Fsp3) is 0.333. The Hall–Kier alpha value is -4.80. The SMILES string of the molecule is C=CC(=O)N1CC(C)N2c3nc(=O)n(-c4c(C)ccnc4C(C)C)c4cc(-c5c(O)cccc5F)c(F)c(c34)NCCC2C1. The Kier molecular flexibility index (Phi) is 7.35. The molecule has 4 aromatic rings. The molecule has 228 valence electrons. The molecule has 2 N–H and O–H groups in total. The summed E-state index contributed by atoms with van der Waals surface area (Å²) in [5, 5.41) is 14.2. The van der Waals surface area contributed by atoms with Gasteiger partial charge in [0, 0.05) is 37.4 Å². The second-order valence-corrected chi connectivity index (χ2v) is 11.8. The van der Waals surface area contributed by atoms with E-state index in [2.05, 4.69) is 21.9 Å². The van der Waals surface area contributed by atoms with Crippen LogP contribution in [0.25, 0.3) is 27.7 Å². The van der Waals surface area contributed by atoms with Crippen LogP contribution < -0.4 is 15.9 Å². The molecule has 0 saturated carbocycles. The summed E-state index contributed by atoms with van der Waals surface area (Å²) < 4.78 is 33.3. The third-order valence-corrected chi connectivity index (χ3v) is 8.58. The van der Waals surface area contributed by atoms with Crippen molar-refractivity contribution in [2.75, 3.05) is 29.9 Å². The van der Waals surface area contributed by atoms with Gasteiger partial charge in [0.05, 0.1) is 39.6 Å². The molecule has 0 radical (unpaired) electrons. The third-order valence-electron chi connectivity index (χ3n) is 8.58. The lowest BCUT2D eigenvalue weighted by atomic mass is 9.96. The smallest absolute Gasteiger partial charge is 0.354 e. The highest BCUT2D eigenvalue weighted by Gasteiger charge is 2.38. The molecule has 2 aromatic carbocycles. The molecule has 1 fully saturated rings. The Morgan fingerprint density at radius 2 is 2.00 bits per heavy atom. The second-order valence-electron chi connectivity index (χ2n) is 11.8. The van der Waals surface area contributed by atoms with E-state index < -0.39 is 23.1 Å². The molecule has 0 aliphatic carbocycles. The van der Waals surface area contributed by atoms with Crippen LogP contribution in [0.3, 0.4) is 0 Å². The van der Waals surface area contributed by atoms with Gasteiger partial charge in [0.2, 0.25) is 5.91 Å². The van der Waals surface area contributed by atoms with Gasteiger partial charge < -0.3 is 20.2 Å². The monoisotopic (exact) mass is 600 g/mol. The number of hydrogen-bond acceptors (Lipinski definition) is 7. The number of nitrogens with zero attached hydrogens (tertiary/aromatic N) is 5. The molecule has 2 aliphatic heterocycles. The number of aromatic nitrogens is 3. The van der Waals surface area contributed by atoms with Gasteiger partial charge in [-0.2, -0.15) is 4.98 Å². The fourth-order valence-corrected chi connectivity index (χ4v) is 6.63. The number of carbonyl (C=O) groups excluding carboxylic acids is 1. The minimum Gasteiger partial charge on any atom is -0.507 e. The summed E-state index contributed by atoms with van der Waals surface area (Å²) in [7, 11) is 0. The number of benzene rings is 2. The molecule has 44 heavy (non-hydrogen) atoms. The van der Waals surface area contributed by atoms with Crippen LogP contribution in [0.4, 0.5) is 20.3 Å². The number of aromatic hydroxyl groups is 1. The lowest BCUT2D eigenvalue weighted by Crippen LogP contribution is -2.60. The van der Waals surface area contributed by atoms with Gasteiger partial charge in [-0.3, -0.25) is 14.3 Å².